The number of benzene rings is 3. The molecule has 3 N–H and O–H groups in total. The molecule has 0 aliphatic carbocycles. The van der Waals surface area contributed by atoms with E-state index in [0.29, 0.717) is 11.3 Å². The van der Waals surface area contributed by atoms with Crippen molar-refractivity contribution in [2.75, 3.05) is 0 Å². The average molecular weight is 288 g/mol. The van der Waals surface area contributed by atoms with Gasteiger partial charge in [-0.1, -0.05) is 55.1 Å². The van der Waals surface area contributed by atoms with Gasteiger partial charge in [0.1, 0.15) is 5.75 Å². The van der Waals surface area contributed by atoms with Crippen LogP contribution >= 0.6 is 0 Å². The minimum atomic E-state index is 0.200. The molecule has 0 aliphatic heterocycles. The highest BCUT2D eigenvalue weighted by Gasteiger charge is 2.05. The maximum atomic E-state index is 10.1. The molecule has 0 radical (unpaired) electrons. The Bertz CT molecular complexity index is 881. The van der Waals surface area contributed by atoms with E-state index in [9.17, 15) is 5.11 Å². The third-order valence-corrected chi connectivity index (χ3v) is 3.53. The van der Waals surface area contributed by atoms with Gasteiger partial charge in [0.15, 0.2) is 0 Å². The van der Waals surface area contributed by atoms with Gasteiger partial charge in [0, 0.05) is 23.0 Å². The van der Waals surface area contributed by atoms with E-state index in [1.807, 2.05) is 54.6 Å². The van der Waals surface area contributed by atoms with E-state index in [-0.39, 0.29) is 5.75 Å². The van der Waals surface area contributed by atoms with Crippen LogP contribution in [0.25, 0.3) is 16.5 Å². The van der Waals surface area contributed by atoms with Crippen LogP contribution in [0.15, 0.2) is 72.2 Å². The number of para-hydroxylation sites is 1. The summed E-state index contributed by atoms with van der Waals surface area (Å²) in [7, 11) is 0. The molecule has 3 nitrogen and oxygen atoms in total. The highest BCUT2D eigenvalue weighted by Crippen LogP contribution is 2.27. The summed E-state index contributed by atoms with van der Waals surface area (Å²) in [6.07, 6.45) is 1.67. The number of phenols is 1. The van der Waals surface area contributed by atoms with Gasteiger partial charge in [-0.3, -0.25) is 4.99 Å². The van der Waals surface area contributed by atoms with Gasteiger partial charge < -0.3 is 10.8 Å². The highest BCUT2D eigenvalue weighted by atomic mass is 16.3. The Hall–Kier alpha value is -3.07. The van der Waals surface area contributed by atoms with Crippen molar-refractivity contribution < 1.29 is 5.11 Å². The fourth-order valence-electron chi connectivity index (χ4n) is 2.41. The molecule has 0 bridgehead atoms. The Kier molecular flexibility index (Phi) is 3.62. The van der Waals surface area contributed by atoms with Gasteiger partial charge in [0.25, 0.3) is 0 Å². The van der Waals surface area contributed by atoms with E-state index < -0.39 is 0 Å². The highest BCUT2D eigenvalue weighted by molar-refractivity contribution is 6.03. The number of aromatic hydroxyl groups is 1. The van der Waals surface area contributed by atoms with Gasteiger partial charge in [0.05, 0.1) is 5.69 Å². The van der Waals surface area contributed by atoms with Crippen molar-refractivity contribution in [2.24, 2.45) is 10.7 Å². The molecule has 0 heterocycles. The minimum Gasteiger partial charge on any atom is -0.507 e. The fourth-order valence-corrected chi connectivity index (χ4v) is 2.41. The van der Waals surface area contributed by atoms with Crippen LogP contribution in [0.1, 0.15) is 11.1 Å². The second-order valence-corrected chi connectivity index (χ2v) is 5.02. The topological polar surface area (TPSA) is 58.6 Å². The Balaban J connectivity index is 2.11. The monoisotopic (exact) mass is 288 g/mol. The first-order valence-corrected chi connectivity index (χ1v) is 6.95. The molecular weight excluding hydrogens is 272 g/mol. The number of phenolic OH excluding ortho intramolecular Hbond substituents is 1. The SMILES string of the molecule is C=C(N)c1ccccc1N=Cc1c(O)ccc2ccccc12. The molecule has 0 saturated heterocycles. The molecule has 0 atom stereocenters. The number of hydrogen-bond acceptors (Lipinski definition) is 3. The fraction of sp³-hybridized carbons (Fsp3) is 0. The molecule has 0 aromatic heterocycles. The summed E-state index contributed by atoms with van der Waals surface area (Å²) in [5, 5.41) is 12.1. The number of aliphatic imine (C=N–C) groups is 1. The van der Waals surface area contributed by atoms with E-state index in [2.05, 4.69) is 11.6 Å². The third-order valence-electron chi connectivity index (χ3n) is 3.53. The molecule has 0 saturated carbocycles. The maximum Gasteiger partial charge on any atom is 0.124 e. The largest absolute Gasteiger partial charge is 0.507 e. The lowest BCUT2D eigenvalue weighted by Crippen LogP contribution is -1.94. The molecule has 3 aromatic carbocycles. The summed E-state index contributed by atoms with van der Waals surface area (Å²) in [5.41, 5.74) is 8.46. The molecule has 0 spiro atoms. The smallest absolute Gasteiger partial charge is 0.124 e. The van der Waals surface area contributed by atoms with Gasteiger partial charge >= 0.3 is 0 Å². The van der Waals surface area contributed by atoms with Gasteiger partial charge in [-0.15, -0.1) is 0 Å². The molecular formula is C19H16N2O. The number of hydrogen-bond donors (Lipinski definition) is 2. The zero-order chi connectivity index (χ0) is 15.5. The Labute approximate surface area is 129 Å². The quantitative estimate of drug-likeness (QED) is 0.709. The molecule has 0 fully saturated rings. The van der Waals surface area contributed by atoms with E-state index in [1.54, 1.807) is 12.3 Å². The minimum absolute atomic E-state index is 0.200. The van der Waals surface area contributed by atoms with E-state index >= 15 is 0 Å². The van der Waals surface area contributed by atoms with E-state index in [4.69, 9.17) is 5.73 Å². The predicted octanol–water partition coefficient (Wildman–Crippen LogP) is 4.23. The van der Waals surface area contributed by atoms with Crippen LogP contribution in [0.5, 0.6) is 5.75 Å². The Morgan fingerprint density at radius 1 is 1.00 bits per heavy atom. The second kappa shape index (κ2) is 5.74. The van der Waals surface area contributed by atoms with Crippen LogP contribution < -0.4 is 5.73 Å². The van der Waals surface area contributed by atoms with Gasteiger partial charge in [-0.2, -0.15) is 0 Å². The zero-order valence-corrected chi connectivity index (χ0v) is 12.0. The molecule has 108 valence electrons. The molecule has 3 aromatic rings. The van der Waals surface area contributed by atoms with Crippen molar-refractivity contribution >= 4 is 28.4 Å². The lowest BCUT2D eigenvalue weighted by molar-refractivity contribution is 0.475. The average Bonchev–Trinajstić information content (AvgIpc) is 2.54. The van der Waals surface area contributed by atoms with Crippen LogP contribution in [-0.2, 0) is 0 Å². The van der Waals surface area contributed by atoms with Crippen LogP contribution in [0.3, 0.4) is 0 Å². The Morgan fingerprint density at radius 3 is 2.55 bits per heavy atom. The standard InChI is InChI=1S/C19H16N2O/c1-13(20)15-7-4-5-9-18(15)21-12-17-16-8-3-2-6-14(16)10-11-19(17)22/h2-12,22H,1,20H2. The van der Waals surface area contributed by atoms with Crippen molar-refractivity contribution in [1.29, 1.82) is 0 Å². The maximum absolute atomic E-state index is 10.1. The summed E-state index contributed by atoms with van der Waals surface area (Å²) in [5.74, 6) is 0.200. The van der Waals surface area contributed by atoms with Crippen molar-refractivity contribution in [3.63, 3.8) is 0 Å². The molecule has 0 amide bonds. The van der Waals surface area contributed by atoms with E-state index in [1.165, 1.54) is 0 Å². The van der Waals surface area contributed by atoms with Crippen LogP contribution in [0.2, 0.25) is 0 Å². The first-order valence-electron chi connectivity index (χ1n) is 6.95. The molecule has 22 heavy (non-hydrogen) atoms. The predicted molar refractivity (Wildman–Crippen MR) is 92.5 cm³/mol. The molecule has 0 aliphatic rings. The van der Waals surface area contributed by atoms with Crippen molar-refractivity contribution in [1.82, 2.24) is 0 Å². The first-order chi connectivity index (χ1) is 10.7. The molecule has 3 heteroatoms. The summed E-state index contributed by atoms with van der Waals surface area (Å²) in [6.45, 7) is 3.76. The third kappa shape index (κ3) is 2.56. The summed E-state index contributed by atoms with van der Waals surface area (Å²) in [6, 6.07) is 19.0. The van der Waals surface area contributed by atoms with Crippen LogP contribution in [0, 0.1) is 0 Å². The summed E-state index contributed by atoms with van der Waals surface area (Å²) < 4.78 is 0. The first kappa shape index (κ1) is 13.9. The molecule has 0 unspecified atom stereocenters. The number of fused-ring (bicyclic) bond motifs is 1. The summed E-state index contributed by atoms with van der Waals surface area (Å²) >= 11 is 0. The number of rotatable bonds is 3. The Morgan fingerprint density at radius 2 is 1.73 bits per heavy atom. The number of nitrogens with zero attached hydrogens (tertiary/aromatic N) is 1. The van der Waals surface area contributed by atoms with Gasteiger partial charge in [-0.05, 0) is 22.9 Å². The normalized spacial score (nSPS) is 11.1. The molecule has 3 rings (SSSR count). The van der Waals surface area contributed by atoms with E-state index in [0.717, 1.165) is 22.0 Å². The van der Waals surface area contributed by atoms with Gasteiger partial charge in [-0.25, -0.2) is 0 Å². The lowest BCUT2D eigenvalue weighted by Gasteiger charge is -2.06. The second-order valence-electron chi connectivity index (χ2n) is 5.02. The van der Waals surface area contributed by atoms with Crippen LogP contribution in [-0.4, -0.2) is 11.3 Å². The van der Waals surface area contributed by atoms with Gasteiger partial charge in [0.2, 0.25) is 0 Å². The number of nitrogens with two attached hydrogens (primary N) is 1. The van der Waals surface area contributed by atoms with Crippen LogP contribution in [0.4, 0.5) is 5.69 Å². The summed E-state index contributed by atoms with van der Waals surface area (Å²) in [4.78, 5) is 4.48. The van der Waals surface area contributed by atoms with Crippen molar-refractivity contribution in [3.8, 4) is 5.75 Å². The zero-order valence-electron chi connectivity index (χ0n) is 12.0. The van der Waals surface area contributed by atoms with Crippen molar-refractivity contribution in [2.45, 2.75) is 0 Å². The van der Waals surface area contributed by atoms with Crippen molar-refractivity contribution in [3.05, 3.63) is 78.4 Å². The lowest BCUT2D eigenvalue weighted by atomic mass is 10.0.